The van der Waals surface area contributed by atoms with Gasteiger partial charge in [0.25, 0.3) is 11.5 Å². The van der Waals surface area contributed by atoms with E-state index in [0.717, 1.165) is 24.9 Å². The number of fused-ring (bicyclic) bond motifs is 1. The molecule has 0 saturated carbocycles. The van der Waals surface area contributed by atoms with Crippen LogP contribution in [0.4, 0.5) is 0 Å². The Morgan fingerprint density at radius 3 is 2.62 bits per heavy atom. The van der Waals surface area contributed by atoms with Crippen LogP contribution in [-0.2, 0) is 12.8 Å². The molecule has 0 bridgehead atoms. The van der Waals surface area contributed by atoms with Crippen LogP contribution in [0.2, 0.25) is 0 Å². The molecule has 1 amide bonds. The Morgan fingerprint density at radius 2 is 1.92 bits per heavy atom. The van der Waals surface area contributed by atoms with Gasteiger partial charge in [0.15, 0.2) is 0 Å². The summed E-state index contributed by atoms with van der Waals surface area (Å²) in [4.78, 5) is 25.6. The van der Waals surface area contributed by atoms with Gasteiger partial charge in [0.2, 0.25) is 0 Å². The maximum absolute atomic E-state index is 13.0. The number of benzene rings is 1. The lowest BCUT2D eigenvalue weighted by atomic mass is 10.0. The SMILES string of the molecule is Cc1ccn(-c2cccc3c2CCC3)c(=O)c1C(=O)NC(C)(C)C. The summed E-state index contributed by atoms with van der Waals surface area (Å²) in [7, 11) is 0. The minimum absolute atomic E-state index is 0.225. The summed E-state index contributed by atoms with van der Waals surface area (Å²) in [5.74, 6) is -0.313. The van der Waals surface area contributed by atoms with Crippen molar-refractivity contribution < 1.29 is 4.79 Å². The zero-order valence-electron chi connectivity index (χ0n) is 14.8. The average Bonchev–Trinajstić information content (AvgIpc) is 2.94. The Labute approximate surface area is 142 Å². The molecule has 1 heterocycles. The van der Waals surface area contributed by atoms with Crippen LogP contribution >= 0.6 is 0 Å². The van der Waals surface area contributed by atoms with Crippen LogP contribution in [0.25, 0.3) is 5.69 Å². The molecule has 4 heteroatoms. The Hall–Kier alpha value is -2.36. The fraction of sp³-hybridized carbons (Fsp3) is 0.400. The standard InChI is InChI=1S/C20H24N2O2/c1-13-11-12-22(16-10-6-8-14-7-5-9-15(14)16)19(24)17(13)18(23)21-20(2,3)4/h6,8,10-12H,5,7,9H2,1-4H3,(H,21,23). The van der Waals surface area contributed by atoms with E-state index in [2.05, 4.69) is 11.4 Å². The van der Waals surface area contributed by atoms with Crippen molar-refractivity contribution in [1.82, 2.24) is 9.88 Å². The van der Waals surface area contributed by atoms with Gasteiger partial charge in [-0.05, 0) is 75.8 Å². The maximum Gasteiger partial charge on any atom is 0.268 e. The number of aromatic nitrogens is 1. The first kappa shape index (κ1) is 16.5. The van der Waals surface area contributed by atoms with Crippen molar-refractivity contribution in [3.63, 3.8) is 0 Å². The highest BCUT2D eigenvalue weighted by molar-refractivity contribution is 5.95. The van der Waals surface area contributed by atoms with E-state index in [4.69, 9.17) is 0 Å². The fourth-order valence-corrected chi connectivity index (χ4v) is 3.32. The van der Waals surface area contributed by atoms with Crippen molar-refractivity contribution >= 4 is 5.91 Å². The molecule has 0 radical (unpaired) electrons. The molecular formula is C20H24N2O2. The number of nitrogens with one attached hydrogen (secondary N) is 1. The van der Waals surface area contributed by atoms with Gasteiger partial charge in [-0.2, -0.15) is 0 Å². The lowest BCUT2D eigenvalue weighted by Crippen LogP contribution is -2.43. The molecule has 0 aliphatic heterocycles. The number of hydrogen-bond donors (Lipinski definition) is 1. The lowest BCUT2D eigenvalue weighted by molar-refractivity contribution is 0.0917. The van der Waals surface area contributed by atoms with Gasteiger partial charge in [0, 0.05) is 11.7 Å². The molecule has 0 fully saturated rings. The molecule has 0 saturated heterocycles. The fourth-order valence-electron chi connectivity index (χ4n) is 3.32. The van der Waals surface area contributed by atoms with Gasteiger partial charge in [0.05, 0.1) is 5.69 Å². The van der Waals surface area contributed by atoms with Gasteiger partial charge in [0.1, 0.15) is 5.56 Å². The number of aryl methyl sites for hydroxylation is 2. The Kier molecular flexibility index (Phi) is 4.08. The zero-order chi connectivity index (χ0) is 17.5. The van der Waals surface area contributed by atoms with E-state index in [1.807, 2.05) is 39.0 Å². The summed E-state index contributed by atoms with van der Waals surface area (Å²) in [5, 5.41) is 2.90. The molecule has 126 valence electrons. The molecular weight excluding hydrogens is 300 g/mol. The van der Waals surface area contributed by atoms with Crippen LogP contribution in [0.5, 0.6) is 0 Å². The van der Waals surface area contributed by atoms with E-state index in [0.29, 0.717) is 5.56 Å². The summed E-state index contributed by atoms with van der Waals surface area (Å²) in [6.45, 7) is 7.53. The van der Waals surface area contributed by atoms with E-state index in [9.17, 15) is 9.59 Å². The van der Waals surface area contributed by atoms with E-state index in [-0.39, 0.29) is 22.6 Å². The van der Waals surface area contributed by atoms with Crippen molar-refractivity contribution in [3.8, 4) is 5.69 Å². The predicted octanol–water partition coefficient (Wildman–Crippen LogP) is 3.16. The molecule has 2 aromatic rings. The van der Waals surface area contributed by atoms with Crippen LogP contribution in [0.1, 0.15) is 54.2 Å². The molecule has 0 spiro atoms. The van der Waals surface area contributed by atoms with Crippen molar-refractivity contribution in [2.24, 2.45) is 0 Å². The molecule has 1 aromatic heterocycles. The van der Waals surface area contributed by atoms with Crippen LogP contribution in [-0.4, -0.2) is 16.0 Å². The number of rotatable bonds is 2. The summed E-state index contributed by atoms with van der Waals surface area (Å²) in [6, 6.07) is 7.92. The Morgan fingerprint density at radius 1 is 1.17 bits per heavy atom. The second kappa shape index (κ2) is 5.93. The van der Waals surface area contributed by atoms with E-state index in [1.165, 1.54) is 11.1 Å². The topological polar surface area (TPSA) is 51.1 Å². The monoisotopic (exact) mass is 324 g/mol. The quantitative estimate of drug-likeness (QED) is 0.922. The van der Waals surface area contributed by atoms with E-state index < -0.39 is 0 Å². The van der Waals surface area contributed by atoms with Gasteiger partial charge in [-0.3, -0.25) is 14.2 Å². The van der Waals surface area contributed by atoms with Crippen LogP contribution in [0.3, 0.4) is 0 Å². The first-order chi connectivity index (χ1) is 11.3. The molecule has 0 atom stereocenters. The number of hydrogen-bond acceptors (Lipinski definition) is 2. The first-order valence-electron chi connectivity index (χ1n) is 8.44. The smallest absolute Gasteiger partial charge is 0.268 e. The Bertz CT molecular complexity index is 857. The summed E-state index contributed by atoms with van der Waals surface area (Å²) in [6.07, 6.45) is 4.93. The average molecular weight is 324 g/mol. The molecule has 3 rings (SSSR count). The third-order valence-corrected chi connectivity index (χ3v) is 4.40. The molecule has 1 aromatic carbocycles. The maximum atomic E-state index is 13.0. The molecule has 24 heavy (non-hydrogen) atoms. The van der Waals surface area contributed by atoms with Crippen molar-refractivity contribution in [1.29, 1.82) is 0 Å². The van der Waals surface area contributed by atoms with Crippen molar-refractivity contribution in [2.45, 2.75) is 52.5 Å². The number of carbonyl (C=O) groups is 1. The van der Waals surface area contributed by atoms with Gasteiger partial charge in [-0.15, -0.1) is 0 Å². The third-order valence-electron chi connectivity index (χ3n) is 4.40. The summed E-state index contributed by atoms with van der Waals surface area (Å²) >= 11 is 0. The second-order valence-corrected chi connectivity index (χ2v) is 7.52. The zero-order valence-corrected chi connectivity index (χ0v) is 14.8. The third kappa shape index (κ3) is 3.01. The minimum atomic E-state index is -0.384. The summed E-state index contributed by atoms with van der Waals surface area (Å²) < 4.78 is 1.62. The normalized spacial score (nSPS) is 13.7. The largest absolute Gasteiger partial charge is 0.347 e. The molecule has 1 aliphatic rings. The highest BCUT2D eigenvalue weighted by Crippen LogP contribution is 2.27. The van der Waals surface area contributed by atoms with Gasteiger partial charge < -0.3 is 5.32 Å². The minimum Gasteiger partial charge on any atom is -0.347 e. The lowest BCUT2D eigenvalue weighted by Gasteiger charge is -2.21. The van der Waals surface area contributed by atoms with Gasteiger partial charge >= 0.3 is 0 Å². The first-order valence-corrected chi connectivity index (χ1v) is 8.44. The van der Waals surface area contributed by atoms with Crippen LogP contribution in [0.15, 0.2) is 35.3 Å². The summed E-state index contributed by atoms with van der Waals surface area (Å²) in [5.41, 5.74) is 3.72. The molecule has 1 N–H and O–H groups in total. The Balaban J connectivity index is 2.13. The molecule has 4 nitrogen and oxygen atoms in total. The van der Waals surface area contributed by atoms with Crippen LogP contribution < -0.4 is 10.9 Å². The van der Waals surface area contributed by atoms with Crippen molar-refractivity contribution in [2.75, 3.05) is 0 Å². The van der Waals surface area contributed by atoms with E-state index >= 15 is 0 Å². The number of amides is 1. The highest BCUT2D eigenvalue weighted by atomic mass is 16.2. The van der Waals surface area contributed by atoms with E-state index in [1.54, 1.807) is 17.7 Å². The van der Waals surface area contributed by atoms with Crippen LogP contribution in [0, 0.1) is 6.92 Å². The van der Waals surface area contributed by atoms with Crippen molar-refractivity contribution in [3.05, 3.63) is 63.1 Å². The predicted molar refractivity (Wildman–Crippen MR) is 96.0 cm³/mol. The number of nitrogens with zero attached hydrogens (tertiary/aromatic N) is 1. The molecule has 1 aliphatic carbocycles. The molecule has 0 unspecified atom stereocenters. The number of carbonyl (C=O) groups excluding carboxylic acids is 1. The number of pyridine rings is 1. The van der Waals surface area contributed by atoms with Gasteiger partial charge in [-0.1, -0.05) is 12.1 Å². The van der Waals surface area contributed by atoms with Gasteiger partial charge in [-0.25, -0.2) is 0 Å². The highest BCUT2D eigenvalue weighted by Gasteiger charge is 2.22. The second-order valence-electron chi connectivity index (χ2n) is 7.52.